The Kier molecular flexibility index (Phi) is 4.97. The van der Waals surface area contributed by atoms with Crippen LogP contribution in [0.1, 0.15) is 32.3 Å². The zero-order valence-electron chi connectivity index (χ0n) is 11.9. The first-order chi connectivity index (χ1) is 9.19. The van der Waals surface area contributed by atoms with Gasteiger partial charge in [0.15, 0.2) is 0 Å². The molecule has 1 fully saturated rings. The fraction of sp³-hybridized carbons (Fsp3) is 0.562. The van der Waals surface area contributed by atoms with Crippen LogP contribution < -0.4 is 5.32 Å². The highest BCUT2D eigenvalue weighted by molar-refractivity contribution is 5.78. The Morgan fingerprint density at radius 1 is 1.42 bits per heavy atom. The van der Waals surface area contributed by atoms with E-state index in [9.17, 15) is 4.79 Å². The quantitative estimate of drug-likeness (QED) is 0.882. The molecule has 0 radical (unpaired) electrons. The van der Waals surface area contributed by atoms with Gasteiger partial charge in [-0.2, -0.15) is 0 Å². The number of nitrogens with one attached hydrogen (secondary N) is 1. The molecule has 1 amide bonds. The molecule has 1 aromatic carbocycles. The maximum Gasteiger partial charge on any atom is 0.223 e. The predicted molar refractivity (Wildman–Crippen MR) is 77.7 cm³/mol. The van der Waals surface area contributed by atoms with E-state index in [1.54, 1.807) is 0 Å². The third kappa shape index (κ3) is 4.06. The lowest BCUT2D eigenvalue weighted by Crippen LogP contribution is -2.39. The lowest BCUT2D eigenvalue weighted by Gasteiger charge is -2.18. The Labute approximate surface area is 116 Å². The summed E-state index contributed by atoms with van der Waals surface area (Å²) in [5.74, 6) is 0.331. The average molecular weight is 260 g/mol. The second-order valence-electron chi connectivity index (χ2n) is 5.52. The van der Waals surface area contributed by atoms with Crippen LogP contribution in [-0.4, -0.2) is 29.9 Å². The van der Waals surface area contributed by atoms with Gasteiger partial charge < -0.3 is 5.32 Å². The van der Waals surface area contributed by atoms with Crippen LogP contribution in [0.5, 0.6) is 0 Å². The number of rotatable bonds is 5. The maximum absolute atomic E-state index is 11.9. The fourth-order valence-corrected chi connectivity index (χ4v) is 2.46. The van der Waals surface area contributed by atoms with Gasteiger partial charge in [-0.25, -0.2) is 0 Å². The second kappa shape index (κ2) is 6.71. The number of carbonyl (C=O) groups is 1. The number of likely N-dealkylation sites (tertiary alicyclic amines) is 1. The van der Waals surface area contributed by atoms with Crippen LogP contribution in [0.25, 0.3) is 0 Å². The molecule has 0 bridgehead atoms. The summed E-state index contributed by atoms with van der Waals surface area (Å²) in [5.41, 5.74) is 1.34. The monoisotopic (exact) mass is 260 g/mol. The number of hydrogen-bond donors (Lipinski definition) is 1. The van der Waals surface area contributed by atoms with Gasteiger partial charge in [0.05, 0.1) is 0 Å². The summed E-state index contributed by atoms with van der Waals surface area (Å²) in [6.45, 7) is 7.07. The minimum Gasteiger partial charge on any atom is -0.352 e. The van der Waals surface area contributed by atoms with E-state index in [1.165, 1.54) is 5.56 Å². The Morgan fingerprint density at radius 2 is 2.16 bits per heavy atom. The van der Waals surface area contributed by atoms with Crippen molar-refractivity contribution in [2.24, 2.45) is 5.92 Å². The maximum atomic E-state index is 11.9. The van der Waals surface area contributed by atoms with Crippen molar-refractivity contribution in [1.29, 1.82) is 0 Å². The van der Waals surface area contributed by atoms with Gasteiger partial charge in [-0.15, -0.1) is 0 Å². The van der Waals surface area contributed by atoms with E-state index in [0.29, 0.717) is 6.04 Å². The molecule has 1 aliphatic heterocycles. The van der Waals surface area contributed by atoms with E-state index < -0.39 is 0 Å². The van der Waals surface area contributed by atoms with Crippen molar-refractivity contribution in [3.8, 4) is 0 Å². The minimum atomic E-state index is 0.128. The Balaban J connectivity index is 1.79. The molecular weight excluding hydrogens is 236 g/mol. The molecule has 1 heterocycles. The van der Waals surface area contributed by atoms with E-state index in [4.69, 9.17) is 0 Å². The largest absolute Gasteiger partial charge is 0.352 e. The smallest absolute Gasteiger partial charge is 0.223 e. The molecule has 19 heavy (non-hydrogen) atoms. The standard InChI is InChI=1S/C16H24N2O/c1-3-13(2)16(19)17-15-9-10-18(12-15)11-14-7-5-4-6-8-14/h4-8,13,15H,3,9-12H2,1-2H3,(H,17,19). The molecule has 2 atom stereocenters. The van der Waals surface area contributed by atoms with Gasteiger partial charge in [-0.3, -0.25) is 9.69 Å². The third-order valence-corrected chi connectivity index (χ3v) is 3.93. The number of nitrogens with zero attached hydrogens (tertiary/aromatic N) is 1. The van der Waals surface area contributed by atoms with Crippen LogP contribution in [0.3, 0.4) is 0 Å². The molecule has 1 aromatic rings. The highest BCUT2D eigenvalue weighted by Gasteiger charge is 2.24. The SMILES string of the molecule is CCC(C)C(=O)NC1CCN(Cc2ccccc2)C1. The molecule has 1 saturated heterocycles. The summed E-state index contributed by atoms with van der Waals surface area (Å²) < 4.78 is 0. The molecule has 0 spiro atoms. The highest BCUT2D eigenvalue weighted by Crippen LogP contribution is 2.14. The summed E-state index contributed by atoms with van der Waals surface area (Å²) in [5, 5.41) is 3.16. The van der Waals surface area contributed by atoms with Gasteiger partial charge in [-0.1, -0.05) is 44.2 Å². The number of carbonyl (C=O) groups excluding carboxylic acids is 1. The molecular formula is C16H24N2O. The molecule has 0 saturated carbocycles. The van der Waals surface area contributed by atoms with Crippen LogP contribution in [-0.2, 0) is 11.3 Å². The first-order valence-electron chi connectivity index (χ1n) is 7.25. The molecule has 104 valence electrons. The molecule has 1 N–H and O–H groups in total. The fourth-order valence-electron chi connectivity index (χ4n) is 2.46. The van der Waals surface area contributed by atoms with E-state index in [2.05, 4.69) is 41.4 Å². The van der Waals surface area contributed by atoms with Crippen LogP contribution in [0, 0.1) is 5.92 Å². The zero-order valence-corrected chi connectivity index (χ0v) is 11.9. The van der Waals surface area contributed by atoms with Crippen molar-refractivity contribution in [2.75, 3.05) is 13.1 Å². The van der Waals surface area contributed by atoms with Gasteiger partial charge in [0, 0.05) is 31.6 Å². The third-order valence-electron chi connectivity index (χ3n) is 3.93. The molecule has 1 aliphatic rings. The summed E-state index contributed by atoms with van der Waals surface area (Å²) >= 11 is 0. The minimum absolute atomic E-state index is 0.128. The first kappa shape index (κ1) is 14.1. The summed E-state index contributed by atoms with van der Waals surface area (Å²) in [6, 6.07) is 10.8. The Hall–Kier alpha value is -1.35. The molecule has 2 unspecified atom stereocenters. The first-order valence-corrected chi connectivity index (χ1v) is 7.25. The normalized spacial score (nSPS) is 21.3. The zero-order chi connectivity index (χ0) is 13.7. The number of amides is 1. The Morgan fingerprint density at radius 3 is 2.84 bits per heavy atom. The van der Waals surface area contributed by atoms with Gasteiger partial charge in [0.25, 0.3) is 0 Å². The van der Waals surface area contributed by atoms with E-state index in [0.717, 1.165) is 32.5 Å². The van der Waals surface area contributed by atoms with Gasteiger partial charge >= 0.3 is 0 Å². The van der Waals surface area contributed by atoms with Crippen molar-refractivity contribution >= 4 is 5.91 Å². The average Bonchev–Trinajstić information content (AvgIpc) is 2.86. The van der Waals surface area contributed by atoms with Crippen molar-refractivity contribution in [1.82, 2.24) is 10.2 Å². The van der Waals surface area contributed by atoms with Crippen LogP contribution in [0.2, 0.25) is 0 Å². The van der Waals surface area contributed by atoms with Crippen LogP contribution >= 0.6 is 0 Å². The summed E-state index contributed by atoms with van der Waals surface area (Å²) in [6.07, 6.45) is 1.97. The van der Waals surface area contributed by atoms with Crippen molar-refractivity contribution in [3.63, 3.8) is 0 Å². The van der Waals surface area contributed by atoms with Crippen molar-refractivity contribution < 1.29 is 4.79 Å². The topological polar surface area (TPSA) is 32.3 Å². The van der Waals surface area contributed by atoms with E-state index in [-0.39, 0.29) is 11.8 Å². The van der Waals surface area contributed by atoms with Gasteiger partial charge in [0.1, 0.15) is 0 Å². The lowest BCUT2D eigenvalue weighted by atomic mass is 10.1. The molecule has 2 rings (SSSR count). The highest BCUT2D eigenvalue weighted by atomic mass is 16.1. The van der Waals surface area contributed by atoms with E-state index >= 15 is 0 Å². The molecule has 3 heteroatoms. The lowest BCUT2D eigenvalue weighted by molar-refractivity contribution is -0.125. The molecule has 0 aliphatic carbocycles. The summed E-state index contributed by atoms with van der Waals surface area (Å²) in [7, 11) is 0. The van der Waals surface area contributed by atoms with Crippen LogP contribution in [0.15, 0.2) is 30.3 Å². The number of benzene rings is 1. The second-order valence-corrected chi connectivity index (χ2v) is 5.52. The molecule has 0 aromatic heterocycles. The van der Waals surface area contributed by atoms with E-state index in [1.807, 2.05) is 13.0 Å². The molecule has 3 nitrogen and oxygen atoms in total. The predicted octanol–water partition coefficient (Wildman–Crippen LogP) is 2.42. The van der Waals surface area contributed by atoms with Gasteiger partial charge in [-0.05, 0) is 18.4 Å². The Bertz CT molecular complexity index is 404. The van der Waals surface area contributed by atoms with Gasteiger partial charge in [0.2, 0.25) is 5.91 Å². The van der Waals surface area contributed by atoms with Crippen LogP contribution in [0.4, 0.5) is 0 Å². The van der Waals surface area contributed by atoms with Crippen molar-refractivity contribution in [2.45, 2.75) is 39.3 Å². The van der Waals surface area contributed by atoms with Crippen molar-refractivity contribution in [3.05, 3.63) is 35.9 Å². The summed E-state index contributed by atoms with van der Waals surface area (Å²) in [4.78, 5) is 14.3. The number of hydrogen-bond acceptors (Lipinski definition) is 2.